The lowest BCUT2D eigenvalue weighted by Gasteiger charge is -2.14. The van der Waals surface area contributed by atoms with E-state index in [-0.39, 0.29) is 0 Å². The quantitative estimate of drug-likeness (QED) is 0.627. The lowest BCUT2D eigenvalue weighted by Crippen LogP contribution is -1.94. The first kappa shape index (κ1) is 9.73. The summed E-state index contributed by atoms with van der Waals surface area (Å²) in [6, 6.07) is 12.5. The molecule has 0 aliphatic heterocycles. The summed E-state index contributed by atoms with van der Waals surface area (Å²) >= 11 is 0. The van der Waals surface area contributed by atoms with Gasteiger partial charge in [0.1, 0.15) is 0 Å². The number of allylic oxidation sites excluding steroid dienone is 4. The second kappa shape index (κ2) is 4.61. The fraction of sp³-hybridized carbons (Fsp3) is 0.214. The first-order valence-corrected chi connectivity index (χ1v) is 5.25. The van der Waals surface area contributed by atoms with Crippen LogP contribution in [0.3, 0.4) is 0 Å². The number of hydrogen-bond acceptors (Lipinski definition) is 1. The molecule has 74 valence electrons. The van der Waals surface area contributed by atoms with Gasteiger partial charge in [0.2, 0.25) is 0 Å². The van der Waals surface area contributed by atoms with Crippen LogP contribution in [0.2, 0.25) is 0 Å². The monoisotopic (exact) mass is 195 g/mol. The van der Waals surface area contributed by atoms with Crippen LogP contribution in [0.5, 0.6) is 0 Å². The van der Waals surface area contributed by atoms with Crippen LogP contribution in [-0.2, 0) is 0 Å². The molecule has 0 saturated carbocycles. The van der Waals surface area contributed by atoms with Crippen molar-refractivity contribution in [1.82, 2.24) is 0 Å². The molecule has 0 atom stereocenters. The van der Waals surface area contributed by atoms with Gasteiger partial charge in [0.25, 0.3) is 0 Å². The van der Waals surface area contributed by atoms with Crippen molar-refractivity contribution in [3.05, 3.63) is 53.6 Å². The normalized spacial score (nSPS) is 18.3. The van der Waals surface area contributed by atoms with Crippen molar-refractivity contribution in [1.29, 1.82) is 5.26 Å². The Bertz CT molecular complexity index is 432. The van der Waals surface area contributed by atoms with E-state index in [1.54, 1.807) is 6.08 Å². The highest BCUT2D eigenvalue weighted by Gasteiger charge is 2.08. The Labute approximate surface area is 90.4 Å². The third-order valence-corrected chi connectivity index (χ3v) is 2.67. The molecule has 0 heterocycles. The van der Waals surface area contributed by atoms with E-state index in [1.165, 1.54) is 11.1 Å². The Morgan fingerprint density at radius 3 is 2.67 bits per heavy atom. The van der Waals surface area contributed by atoms with Crippen LogP contribution in [0.4, 0.5) is 0 Å². The third kappa shape index (κ3) is 2.35. The number of rotatable bonds is 1. The Kier molecular flexibility index (Phi) is 2.99. The van der Waals surface area contributed by atoms with Crippen molar-refractivity contribution in [3.8, 4) is 6.07 Å². The van der Waals surface area contributed by atoms with Crippen molar-refractivity contribution in [2.24, 2.45) is 0 Å². The minimum absolute atomic E-state index is 1.03. The molecule has 0 unspecified atom stereocenters. The number of nitriles is 1. The zero-order valence-electron chi connectivity index (χ0n) is 8.61. The maximum atomic E-state index is 8.62. The first-order valence-electron chi connectivity index (χ1n) is 5.25. The molecule has 2 rings (SSSR count). The van der Waals surface area contributed by atoms with Gasteiger partial charge in [-0.2, -0.15) is 5.26 Å². The van der Waals surface area contributed by atoms with E-state index in [4.69, 9.17) is 5.26 Å². The van der Waals surface area contributed by atoms with Gasteiger partial charge in [-0.25, -0.2) is 0 Å². The second-order valence-electron chi connectivity index (χ2n) is 3.74. The van der Waals surface area contributed by atoms with E-state index in [0.29, 0.717) is 0 Å². The Morgan fingerprint density at radius 2 is 1.93 bits per heavy atom. The molecule has 0 spiro atoms. The third-order valence-electron chi connectivity index (χ3n) is 2.67. The summed E-state index contributed by atoms with van der Waals surface area (Å²) in [5.74, 6) is 0. The second-order valence-corrected chi connectivity index (χ2v) is 3.74. The minimum atomic E-state index is 1.03. The molecule has 1 heteroatoms. The Morgan fingerprint density at radius 1 is 1.13 bits per heavy atom. The van der Waals surface area contributed by atoms with Crippen LogP contribution in [0.1, 0.15) is 24.8 Å². The van der Waals surface area contributed by atoms with Crippen LogP contribution in [-0.4, -0.2) is 0 Å². The molecule has 1 aliphatic rings. The summed E-state index contributed by atoms with van der Waals surface area (Å²) in [7, 11) is 0. The van der Waals surface area contributed by atoms with Crippen molar-refractivity contribution in [2.45, 2.75) is 19.3 Å². The maximum absolute atomic E-state index is 8.62. The first-order chi connectivity index (χ1) is 7.40. The number of nitrogens with zero attached hydrogens (tertiary/aromatic N) is 1. The molecule has 0 bridgehead atoms. The predicted octanol–water partition coefficient (Wildman–Crippen LogP) is 3.70. The van der Waals surface area contributed by atoms with Gasteiger partial charge >= 0.3 is 0 Å². The van der Waals surface area contributed by atoms with Gasteiger partial charge in [-0.05, 0) is 36.0 Å². The van der Waals surface area contributed by atoms with E-state index in [0.717, 1.165) is 24.8 Å². The van der Waals surface area contributed by atoms with Crippen LogP contribution in [0, 0.1) is 11.3 Å². The van der Waals surface area contributed by atoms with Crippen molar-refractivity contribution in [3.63, 3.8) is 0 Å². The molecule has 0 saturated heterocycles. The highest BCUT2D eigenvalue weighted by molar-refractivity contribution is 5.69. The fourth-order valence-electron chi connectivity index (χ4n) is 1.93. The molecular formula is C14H13N. The van der Waals surface area contributed by atoms with Gasteiger partial charge in [-0.1, -0.05) is 36.4 Å². The smallest absolute Gasteiger partial charge is 0.0914 e. The van der Waals surface area contributed by atoms with Crippen molar-refractivity contribution < 1.29 is 0 Å². The van der Waals surface area contributed by atoms with Gasteiger partial charge in [0.05, 0.1) is 6.07 Å². The van der Waals surface area contributed by atoms with E-state index in [2.05, 4.69) is 36.4 Å². The van der Waals surface area contributed by atoms with Crippen LogP contribution in [0.25, 0.3) is 5.57 Å². The van der Waals surface area contributed by atoms with E-state index in [1.807, 2.05) is 6.07 Å². The molecule has 1 nitrogen and oxygen atoms in total. The largest absolute Gasteiger partial charge is 0.193 e. The number of benzene rings is 1. The highest BCUT2D eigenvalue weighted by atomic mass is 14.2. The predicted molar refractivity (Wildman–Crippen MR) is 62.0 cm³/mol. The Hall–Kier alpha value is -1.81. The SMILES string of the molecule is N#C/C=C1\C=C(c2ccccc2)CCC1. The lowest BCUT2D eigenvalue weighted by atomic mass is 9.91. The molecule has 0 aromatic heterocycles. The summed E-state index contributed by atoms with van der Waals surface area (Å²) in [6.07, 6.45) is 7.11. The zero-order valence-corrected chi connectivity index (χ0v) is 8.61. The summed E-state index contributed by atoms with van der Waals surface area (Å²) in [6.45, 7) is 0. The van der Waals surface area contributed by atoms with E-state index in [9.17, 15) is 0 Å². The maximum Gasteiger partial charge on any atom is 0.0914 e. The fourth-order valence-corrected chi connectivity index (χ4v) is 1.93. The van der Waals surface area contributed by atoms with Gasteiger partial charge in [-0.3, -0.25) is 0 Å². The standard InChI is InChI=1S/C14H13N/c15-10-9-12-5-4-8-14(11-12)13-6-2-1-3-7-13/h1-3,6-7,9,11H,4-5,8H2/b12-9-. The molecule has 1 aromatic rings. The van der Waals surface area contributed by atoms with Gasteiger partial charge in [-0.15, -0.1) is 0 Å². The Balaban J connectivity index is 2.31. The topological polar surface area (TPSA) is 23.8 Å². The van der Waals surface area contributed by atoms with Crippen LogP contribution >= 0.6 is 0 Å². The molecule has 1 aliphatic carbocycles. The lowest BCUT2D eigenvalue weighted by molar-refractivity contribution is 0.834. The van der Waals surface area contributed by atoms with E-state index < -0.39 is 0 Å². The van der Waals surface area contributed by atoms with Gasteiger partial charge in [0.15, 0.2) is 0 Å². The van der Waals surface area contributed by atoms with Crippen molar-refractivity contribution >= 4 is 5.57 Å². The molecular weight excluding hydrogens is 182 g/mol. The molecule has 1 aromatic carbocycles. The summed E-state index contributed by atoms with van der Waals surface area (Å²) in [5, 5.41) is 8.62. The van der Waals surface area contributed by atoms with Crippen LogP contribution < -0.4 is 0 Å². The summed E-state index contributed by atoms with van der Waals surface area (Å²) < 4.78 is 0. The van der Waals surface area contributed by atoms with Crippen molar-refractivity contribution in [2.75, 3.05) is 0 Å². The molecule has 0 amide bonds. The molecule has 0 fully saturated rings. The summed E-state index contributed by atoms with van der Waals surface area (Å²) in [4.78, 5) is 0. The average Bonchev–Trinajstić information content (AvgIpc) is 2.31. The van der Waals surface area contributed by atoms with E-state index >= 15 is 0 Å². The molecule has 15 heavy (non-hydrogen) atoms. The zero-order chi connectivity index (χ0) is 10.5. The average molecular weight is 195 g/mol. The van der Waals surface area contributed by atoms with Crippen LogP contribution in [0.15, 0.2) is 48.1 Å². The molecule has 0 radical (unpaired) electrons. The summed E-state index contributed by atoms with van der Waals surface area (Å²) in [5.41, 5.74) is 3.78. The minimum Gasteiger partial charge on any atom is -0.193 e. The molecule has 0 N–H and O–H groups in total. The van der Waals surface area contributed by atoms with Gasteiger partial charge < -0.3 is 0 Å². The van der Waals surface area contributed by atoms with Gasteiger partial charge in [0, 0.05) is 6.08 Å². The number of hydrogen-bond donors (Lipinski definition) is 0. The highest BCUT2D eigenvalue weighted by Crippen LogP contribution is 2.29.